The van der Waals surface area contributed by atoms with Crippen LogP contribution in [0, 0.1) is 0 Å². The molecule has 2 rings (SSSR count). The molecule has 1 unspecified atom stereocenters. The average molecular weight is 265 g/mol. The standard InChI is InChI=1S/C12H19N5S/c1-16(2)9-4-3-7-17(8-9)12-14-6-5-10(15-12)11(13)18/h5-6,9H,3-4,7-8H2,1-2H3,(H2,13,18). The molecule has 0 amide bonds. The van der Waals surface area contributed by atoms with E-state index >= 15 is 0 Å². The van der Waals surface area contributed by atoms with Gasteiger partial charge in [0.05, 0.1) is 0 Å². The molecule has 0 bridgehead atoms. The van der Waals surface area contributed by atoms with Gasteiger partial charge in [-0.3, -0.25) is 0 Å². The van der Waals surface area contributed by atoms with Crippen molar-refractivity contribution in [3.63, 3.8) is 0 Å². The van der Waals surface area contributed by atoms with Crippen molar-refractivity contribution in [1.29, 1.82) is 0 Å². The van der Waals surface area contributed by atoms with Crippen molar-refractivity contribution < 1.29 is 0 Å². The Morgan fingerprint density at radius 1 is 1.56 bits per heavy atom. The summed E-state index contributed by atoms with van der Waals surface area (Å²) in [6.45, 7) is 1.94. The lowest BCUT2D eigenvalue weighted by molar-refractivity contribution is 0.257. The van der Waals surface area contributed by atoms with Crippen molar-refractivity contribution >= 4 is 23.2 Å². The number of thiocarbonyl (C=S) groups is 1. The number of aromatic nitrogens is 2. The van der Waals surface area contributed by atoms with Crippen LogP contribution in [0.15, 0.2) is 12.3 Å². The Balaban J connectivity index is 2.15. The van der Waals surface area contributed by atoms with Gasteiger partial charge in [-0.15, -0.1) is 0 Å². The molecule has 1 fully saturated rings. The predicted molar refractivity (Wildman–Crippen MR) is 76.8 cm³/mol. The van der Waals surface area contributed by atoms with Gasteiger partial charge < -0.3 is 15.5 Å². The summed E-state index contributed by atoms with van der Waals surface area (Å²) in [7, 11) is 4.22. The van der Waals surface area contributed by atoms with E-state index in [2.05, 4.69) is 33.9 Å². The van der Waals surface area contributed by atoms with Gasteiger partial charge in [-0.1, -0.05) is 12.2 Å². The molecule has 0 spiro atoms. The molecular formula is C12H19N5S. The lowest BCUT2D eigenvalue weighted by atomic mass is 10.1. The van der Waals surface area contributed by atoms with E-state index in [9.17, 15) is 0 Å². The lowest BCUT2D eigenvalue weighted by Gasteiger charge is -2.36. The van der Waals surface area contributed by atoms with Gasteiger partial charge in [-0.25, -0.2) is 9.97 Å². The van der Waals surface area contributed by atoms with Gasteiger partial charge in [0.15, 0.2) is 0 Å². The number of nitrogens with two attached hydrogens (primary N) is 1. The summed E-state index contributed by atoms with van der Waals surface area (Å²) in [6, 6.07) is 2.30. The van der Waals surface area contributed by atoms with Gasteiger partial charge in [-0.05, 0) is 33.0 Å². The zero-order valence-corrected chi connectivity index (χ0v) is 11.7. The van der Waals surface area contributed by atoms with E-state index in [1.54, 1.807) is 12.3 Å². The Bertz CT molecular complexity index is 434. The number of nitrogens with zero attached hydrogens (tertiary/aromatic N) is 4. The fourth-order valence-corrected chi connectivity index (χ4v) is 2.31. The van der Waals surface area contributed by atoms with Crippen molar-refractivity contribution in [1.82, 2.24) is 14.9 Å². The summed E-state index contributed by atoms with van der Waals surface area (Å²) in [5, 5.41) is 0. The first-order chi connectivity index (χ1) is 8.58. The van der Waals surface area contributed by atoms with E-state index in [4.69, 9.17) is 18.0 Å². The van der Waals surface area contributed by atoms with Crippen LogP contribution in [0.2, 0.25) is 0 Å². The Labute approximate surface area is 113 Å². The number of likely N-dealkylation sites (N-methyl/N-ethyl adjacent to an activating group) is 1. The fraction of sp³-hybridized carbons (Fsp3) is 0.583. The van der Waals surface area contributed by atoms with Crippen LogP contribution in [0.1, 0.15) is 18.5 Å². The summed E-state index contributed by atoms with van der Waals surface area (Å²) in [5.74, 6) is 0.729. The van der Waals surface area contributed by atoms with Gasteiger partial charge in [0.1, 0.15) is 10.7 Å². The predicted octanol–water partition coefficient (Wildman–Crippen LogP) is 0.641. The van der Waals surface area contributed by atoms with E-state index in [-0.39, 0.29) is 0 Å². The Morgan fingerprint density at radius 2 is 2.33 bits per heavy atom. The maximum atomic E-state index is 5.60. The monoisotopic (exact) mass is 265 g/mol. The lowest BCUT2D eigenvalue weighted by Crippen LogP contribution is -2.45. The maximum absolute atomic E-state index is 5.60. The molecule has 6 heteroatoms. The number of rotatable bonds is 3. The summed E-state index contributed by atoms with van der Waals surface area (Å²) in [4.78, 5) is 13.5. The Kier molecular flexibility index (Phi) is 4.08. The third-order valence-corrected chi connectivity index (χ3v) is 3.51. The van der Waals surface area contributed by atoms with Crippen LogP contribution in [0.3, 0.4) is 0 Å². The van der Waals surface area contributed by atoms with Crippen LogP contribution >= 0.6 is 12.2 Å². The highest BCUT2D eigenvalue weighted by atomic mass is 32.1. The highest BCUT2D eigenvalue weighted by Gasteiger charge is 2.23. The second kappa shape index (κ2) is 5.58. The molecule has 0 aromatic carbocycles. The molecule has 0 aliphatic carbocycles. The van der Waals surface area contributed by atoms with E-state index in [1.165, 1.54) is 6.42 Å². The first-order valence-corrected chi connectivity index (χ1v) is 6.53. The van der Waals surface area contributed by atoms with E-state index in [1.807, 2.05) is 0 Å². The van der Waals surface area contributed by atoms with Crippen LogP contribution in [0.4, 0.5) is 5.95 Å². The molecule has 0 saturated carbocycles. The van der Waals surface area contributed by atoms with E-state index in [0.29, 0.717) is 16.7 Å². The van der Waals surface area contributed by atoms with Gasteiger partial charge >= 0.3 is 0 Å². The molecule has 2 N–H and O–H groups in total. The van der Waals surface area contributed by atoms with Crippen molar-refractivity contribution in [3.8, 4) is 0 Å². The molecule has 5 nitrogen and oxygen atoms in total. The van der Waals surface area contributed by atoms with Crippen LogP contribution in [0.5, 0.6) is 0 Å². The zero-order valence-electron chi connectivity index (χ0n) is 10.8. The molecule has 0 radical (unpaired) electrons. The molecular weight excluding hydrogens is 246 g/mol. The first-order valence-electron chi connectivity index (χ1n) is 6.12. The van der Waals surface area contributed by atoms with E-state index < -0.39 is 0 Å². The summed E-state index contributed by atoms with van der Waals surface area (Å²) >= 11 is 4.95. The third-order valence-electron chi connectivity index (χ3n) is 3.30. The average Bonchev–Trinajstić information content (AvgIpc) is 2.39. The van der Waals surface area contributed by atoms with Crippen molar-refractivity contribution in [2.24, 2.45) is 5.73 Å². The minimum absolute atomic E-state index is 0.319. The first kappa shape index (κ1) is 13.2. The van der Waals surface area contributed by atoms with Gasteiger partial charge in [0, 0.05) is 25.3 Å². The molecule has 1 atom stereocenters. The molecule has 1 saturated heterocycles. The molecule has 98 valence electrons. The van der Waals surface area contributed by atoms with Crippen LogP contribution < -0.4 is 10.6 Å². The molecule has 1 aliphatic heterocycles. The molecule has 1 aromatic rings. The number of hydrogen-bond donors (Lipinski definition) is 1. The second-order valence-corrected chi connectivity index (χ2v) is 5.25. The van der Waals surface area contributed by atoms with Gasteiger partial charge in [0.25, 0.3) is 0 Å². The molecule has 18 heavy (non-hydrogen) atoms. The van der Waals surface area contributed by atoms with Crippen LogP contribution in [-0.4, -0.2) is 53.1 Å². The molecule has 2 heterocycles. The summed E-state index contributed by atoms with van der Waals surface area (Å²) < 4.78 is 0. The summed E-state index contributed by atoms with van der Waals surface area (Å²) in [5.41, 5.74) is 6.24. The van der Waals surface area contributed by atoms with Crippen LogP contribution in [-0.2, 0) is 0 Å². The highest BCUT2D eigenvalue weighted by molar-refractivity contribution is 7.80. The highest BCUT2D eigenvalue weighted by Crippen LogP contribution is 2.18. The molecule has 1 aliphatic rings. The Morgan fingerprint density at radius 3 is 3.00 bits per heavy atom. The minimum Gasteiger partial charge on any atom is -0.388 e. The number of hydrogen-bond acceptors (Lipinski definition) is 5. The Hall–Kier alpha value is -1.27. The minimum atomic E-state index is 0.319. The van der Waals surface area contributed by atoms with Crippen molar-refractivity contribution in [2.75, 3.05) is 32.1 Å². The smallest absolute Gasteiger partial charge is 0.225 e. The molecule has 1 aromatic heterocycles. The zero-order chi connectivity index (χ0) is 13.1. The number of piperidine rings is 1. The fourth-order valence-electron chi connectivity index (χ4n) is 2.20. The van der Waals surface area contributed by atoms with Crippen LogP contribution in [0.25, 0.3) is 0 Å². The van der Waals surface area contributed by atoms with E-state index in [0.717, 1.165) is 25.5 Å². The largest absolute Gasteiger partial charge is 0.388 e. The maximum Gasteiger partial charge on any atom is 0.225 e. The quantitative estimate of drug-likeness (QED) is 0.810. The van der Waals surface area contributed by atoms with Crippen molar-refractivity contribution in [3.05, 3.63) is 18.0 Å². The van der Waals surface area contributed by atoms with Gasteiger partial charge in [0.2, 0.25) is 5.95 Å². The number of anilines is 1. The topological polar surface area (TPSA) is 58.3 Å². The second-order valence-electron chi connectivity index (χ2n) is 4.81. The SMILES string of the molecule is CN(C)C1CCCN(c2nccc(C(N)=S)n2)C1. The normalized spacial score (nSPS) is 20.2. The third kappa shape index (κ3) is 2.94. The summed E-state index contributed by atoms with van der Waals surface area (Å²) in [6.07, 6.45) is 4.10. The van der Waals surface area contributed by atoms with Gasteiger partial charge in [-0.2, -0.15) is 0 Å². The van der Waals surface area contributed by atoms with Crippen molar-refractivity contribution in [2.45, 2.75) is 18.9 Å².